The molecule has 1 fully saturated rings. The van der Waals surface area contributed by atoms with Crippen molar-refractivity contribution in [3.8, 4) is 0 Å². The van der Waals surface area contributed by atoms with Crippen molar-refractivity contribution in [2.24, 2.45) is 4.99 Å². The zero-order valence-electron chi connectivity index (χ0n) is 14.0. The summed E-state index contributed by atoms with van der Waals surface area (Å²) >= 11 is 0. The van der Waals surface area contributed by atoms with E-state index in [1.807, 2.05) is 30.3 Å². The van der Waals surface area contributed by atoms with Gasteiger partial charge in [0.25, 0.3) is 0 Å². The topological polar surface area (TPSA) is 29.4 Å². The summed E-state index contributed by atoms with van der Waals surface area (Å²) in [5, 5.41) is 0. The van der Waals surface area contributed by atoms with E-state index in [0.29, 0.717) is 24.2 Å². The maximum absolute atomic E-state index is 13.1. The molecule has 0 bridgehead atoms. The van der Waals surface area contributed by atoms with Gasteiger partial charge in [0.1, 0.15) is 0 Å². The lowest BCUT2D eigenvalue weighted by Gasteiger charge is -2.14. The maximum Gasteiger partial charge on any atom is 0.416 e. The Bertz CT molecular complexity index is 840. The third-order valence-electron chi connectivity index (χ3n) is 4.55. The van der Waals surface area contributed by atoms with Gasteiger partial charge in [0.05, 0.1) is 18.0 Å². The molecule has 0 amide bonds. The molecule has 2 unspecified atom stereocenters. The normalized spacial score (nSPS) is 22.0. The molecule has 2 aromatic carbocycles. The summed E-state index contributed by atoms with van der Waals surface area (Å²) in [6.07, 6.45) is -2.43. The largest absolute Gasteiger partial charge is 0.416 e. The van der Waals surface area contributed by atoms with Crippen molar-refractivity contribution in [1.82, 2.24) is 0 Å². The van der Waals surface area contributed by atoms with Crippen LogP contribution in [0, 0.1) is 0 Å². The average molecular weight is 357 g/mol. The van der Waals surface area contributed by atoms with Crippen LogP contribution in [0.2, 0.25) is 0 Å². The number of carbonyl (C=O) groups excluding carboxylic acids is 1. The van der Waals surface area contributed by atoms with Crippen LogP contribution in [0.5, 0.6) is 0 Å². The second-order valence-corrected chi connectivity index (χ2v) is 6.25. The predicted octanol–water partition coefficient (Wildman–Crippen LogP) is 5.17. The van der Waals surface area contributed by atoms with Gasteiger partial charge in [-0.1, -0.05) is 54.6 Å². The quantitative estimate of drug-likeness (QED) is 0.694. The van der Waals surface area contributed by atoms with Crippen LogP contribution in [0.15, 0.2) is 72.2 Å². The molecule has 134 valence electrons. The summed E-state index contributed by atoms with van der Waals surface area (Å²) in [6.45, 7) is 3.95. The highest BCUT2D eigenvalue weighted by Crippen LogP contribution is 2.40. The second kappa shape index (κ2) is 7.28. The number of halogens is 3. The van der Waals surface area contributed by atoms with E-state index in [9.17, 15) is 18.0 Å². The number of alkyl halides is 3. The minimum absolute atomic E-state index is 0.113. The Morgan fingerprint density at radius 1 is 1.08 bits per heavy atom. The third kappa shape index (κ3) is 3.62. The smallest absolute Gasteiger partial charge is 0.298 e. The van der Waals surface area contributed by atoms with E-state index in [4.69, 9.17) is 0 Å². The van der Waals surface area contributed by atoms with Gasteiger partial charge in [-0.05, 0) is 17.2 Å². The number of Topliss-reactive ketones (excluding diaryl/α,β-unsaturated/α-hetero) is 1. The molecule has 1 aliphatic rings. The lowest BCUT2D eigenvalue weighted by atomic mass is 9.90. The number of hydrogen-bond acceptors (Lipinski definition) is 2. The molecule has 0 spiro atoms. The van der Waals surface area contributed by atoms with Crippen LogP contribution in [0.3, 0.4) is 0 Å². The zero-order valence-corrected chi connectivity index (χ0v) is 14.0. The number of benzene rings is 2. The van der Waals surface area contributed by atoms with E-state index in [-0.39, 0.29) is 11.7 Å². The van der Waals surface area contributed by atoms with E-state index >= 15 is 0 Å². The van der Waals surface area contributed by atoms with Crippen molar-refractivity contribution in [2.45, 2.75) is 24.4 Å². The molecule has 1 saturated carbocycles. The lowest BCUT2D eigenvalue weighted by molar-refractivity contribution is -0.137. The fourth-order valence-corrected chi connectivity index (χ4v) is 3.35. The van der Waals surface area contributed by atoms with Crippen LogP contribution in [-0.4, -0.2) is 18.0 Å². The number of ketones is 1. The molecule has 3 rings (SSSR count). The van der Waals surface area contributed by atoms with Gasteiger partial charge in [0.15, 0.2) is 5.78 Å². The summed E-state index contributed by atoms with van der Waals surface area (Å²) in [4.78, 5) is 17.5. The summed E-state index contributed by atoms with van der Waals surface area (Å²) < 4.78 is 39.2. The van der Waals surface area contributed by atoms with Crippen molar-refractivity contribution in [2.75, 3.05) is 6.54 Å². The van der Waals surface area contributed by atoms with Crippen molar-refractivity contribution in [3.05, 3.63) is 83.9 Å². The van der Waals surface area contributed by atoms with Gasteiger partial charge >= 0.3 is 6.18 Å². The van der Waals surface area contributed by atoms with E-state index in [2.05, 4.69) is 11.6 Å². The third-order valence-corrected chi connectivity index (χ3v) is 4.55. The molecule has 0 saturated heterocycles. The summed E-state index contributed by atoms with van der Waals surface area (Å²) in [7, 11) is 0. The number of rotatable bonds is 4. The number of carbonyl (C=O) groups is 1. The molecular weight excluding hydrogens is 339 g/mol. The van der Waals surface area contributed by atoms with Crippen LogP contribution in [0.1, 0.15) is 34.9 Å². The zero-order chi connectivity index (χ0) is 18.7. The van der Waals surface area contributed by atoms with Crippen LogP contribution in [0.25, 0.3) is 0 Å². The van der Waals surface area contributed by atoms with Gasteiger partial charge in [-0.15, -0.1) is 6.58 Å². The molecule has 2 nitrogen and oxygen atoms in total. The Kier molecular flexibility index (Phi) is 5.07. The second-order valence-electron chi connectivity index (χ2n) is 6.25. The Morgan fingerprint density at radius 3 is 2.42 bits per heavy atom. The molecule has 2 atom stereocenters. The Balaban J connectivity index is 2.03. The number of hydrogen-bond donors (Lipinski definition) is 0. The molecule has 0 heterocycles. The molecule has 0 aliphatic heterocycles. The fraction of sp³-hybridized carbons (Fsp3) is 0.238. The molecule has 2 aromatic rings. The minimum atomic E-state index is -4.45. The van der Waals surface area contributed by atoms with Crippen LogP contribution in [0.4, 0.5) is 13.2 Å². The summed E-state index contributed by atoms with van der Waals surface area (Å²) in [6, 6.07) is 14.3. The summed E-state index contributed by atoms with van der Waals surface area (Å²) in [5.74, 6) is -1.25. The SMILES string of the molecule is C=CCN=C1CC(c2ccccc2)C(=O)C1c1cccc(C(F)(F)F)c1. The van der Waals surface area contributed by atoms with Gasteiger partial charge in [0.2, 0.25) is 0 Å². The van der Waals surface area contributed by atoms with Gasteiger partial charge in [-0.25, -0.2) is 0 Å². The van der Waals surface area contributed by atoms with Crippen molar-refractivity contribution in [3.63, 3.8) is 0 Å². The minimum Gasteiger partial charge on any atom is -0.298 e. The first-order valence-electron chi connectivity index (χ1n) is 8.31. The molecule has 0 radical (unpaired) electrons. The molecule has 26 heavy (non-hydrogen) atoms. The maximum atomic E-state index is 13.1. The Hall–Kier alpha value is -2.69. The van der Waals surface area contributed by atoms with Crippen LogP contribution >= 0.6 is 0 Å². The highest BCUT2D eigenvalue weighted by molar-refractivity contribution is 6.18. The molecule has 0 aromatic heterocycles. The first kappa shape index (κ1) is 18.1. The molecule has 0 N–H and O–H groups in total. The van der Waals surface area contributed by atoms with Gasteiger partial charge in [0, 0.05) is 18.1 Å². The van der Waals surface area contributed by atoms with Gasteiger partial charge in [-0.3, -0.25) is 9.79 Å². The lowest BCUT2D eigenvalue weighted by Crippen LogP contribution is -2.16. The number of nitrogens with zero attached hydrogens (tertiary/aromatic N) is 1. The van der Waals surface area contributed by atoms with E-state index in [0.717, 1.165) is 17.7 Å². The van der Waals surface area contributed by atoms with Crippen molar-refractivity contribution in [1.29, 1.82) is 0 Å². The highest BCUT2D eigenvalue weighted by atomic mass is 19.4. The molecular formula is C21H18F3NO. The van der Waals surface area contributed by atoms with E-state index in [1.54, 1.807) is 12.1 Å². The van der Waals surface area contributed by atoms with Crippen LogP contribution in [-0.2, 0) is 11.0 Å². The molecule has 1 aliphatic carbocycles. The van der Waals surface area contributed by atoms with E-state index < -0.39 is 17.7 Å². The van der Waals surface area contributed by atoms with Gasteiger partial charge < -0.3 is 0 Å². The standard InChI is InChI=1S/C21H18F3NO/c1-2-11-25-18-13-17(14-7-4-3-5-8-14)20(26)19(18)15-9-6-10-16(12-15)21(22,23)24/h2-10,12,17,19H,1,11,13H2. The predicted molar refractivity (Wildman–Crippen MR) is 95.5 cm³/mol. The first-order chi connectivity index (χ1) is 12.4. The Labute approximate surface area is 150 Å². The highest BCUT2D eigenvalue weighted by Gasteiger charge is 2.41. The van der Waals surface area contributed by atoms with Crippen molar-refractivity contribution < 1.29 is 18.0 Å². The van der Waals surface area contributed by atoms with Gasteiger partial charge in [-0.2, -0.15) is 13.2 Å². The monoisotopic (exact) mass is 357 g/mol. The first-order valence-corrected chi connectivity index (χ1v) is 8.31. The summed E-state index contributed by atoms with van der Waals surface area (Å²) in [5.41, 5.74) is 1.06. The van der Waals surface area contributed by atoms with E-state index in [1.165, 1.54) is 6.07 Å². The molecule has 5 heteroatoms. The average Bonchev–Trinajstić information content (AvgIpc) is 2.96. The number of aliphatic imine (C=N–C) groups is 1. The van der Waals surface area contributed by atoms with Crippen LogP contribution < -0.4 is 0 Å². The Morgan fingerprint density at radius 2 is 1.77 bits per heavy atom. The van der Waals surface area contributed by atoms with Crippen molar-refractivity contribution >= 4 is 11.5 Å². The fourth-order valence-electron chi connectivity index (χ4n) is 3.35.